The van der Waals surface area contributed by atoms with Crippen LogP contribution in [-0.4, -0.2) is 42.6 Å². The van der Waals surface area contributed by atoms with E-state index in [0.717, 1.165) is 11.1 Å². The van der Waals surface area contributed by atoms with E-state index in [-0.39, 0.29) is 13.2 Å². The second-order valence-corrected chi connectivity index (χ2v) is 7.02. The van der Waals surface area contributed by atoms with Gasteiger partial charge in [-0.05, 0) is 23.3 Å². The summed E-state index contributed by atoms with van der Waals surface area (Å²) in [4.78, 5) is 0. The van der Waals surface area contributed by atoms with E-state index < -0.39 is 6.10 Å². The van der Waals surface area contributed by atoms with Crippen LogP contribution in [0.3, 0.4) is 0 Å². The molecule has 3 rings (SSSR count). The molecule has 0 aliphatic heterocycles. The normalized spacial score (nSPS) is 11.7. The fourth-order valence-electron chi connectivity index (χ4n) is 2.92. The minimum absolute atomic E-state index is 0.0197. The van der Waals surface area contributed by atoms with Crippen molar-refractivity contribution in [2.45, 2.75) is 19.3 Å². The number of nitrogens with one attached hydrogen (secondary N) is 1. The van der Waals surface area contributed by atoms with Crippen molar-refractivity contribution in [3.05, 3.63) is 90.0 Å². The molecule has 1 unspecified atom stereocenters. The van der Waals surface area contributed by atoms with Crippen molar-refractivity contribution in [3.8, 4) is 17.2 Å². The largest absolute Gasteiger partial charge is 0.487 e. The molecule has 6 heteroatoms. The zero-order chi connectivity index (χ0) is 21.7. The van der Waals surface area contributed by atoms with Crippen molar-refractivity contribution in [1.29, 1.82) is 0 Å². The lowest BCUT2D eigenvalue weighted by Gasteiger charge is -2.18. The Morgan fingerprint density at radius 3 is 1.90 bits per heavy atom. The molecule has 0 amide bonds. The third kappa shape index (κ3) is 7.61. The molecule has 31 heavy (non-hydrogen) atoms. The Kier molecular flexibility index (Phi) is 9.19. The van der Waals surface area contributed by atoms with Crippen LogP contribution in [0.5, 0.6) is 17.2 Å². The number of hydrogen-bond acceptors (Lipinski definition) is 6. The quantitative estimate of drug-likeness (QED) is 0.367. The van der Waals surface area contributed by atoms with E-state index in [9.17, 15) is 5.11 Å². The number of hydrogen-bond donors (Lipinski definition) is 3. The topological polar surface area (TPSA) is 80.2 Å². The summed E-state index contributed by atoms with van der Waals surface area (Å²) in [6, 6.07) is 25.2. The third-order valence-corrected chi connectivity index (χ3v) is 4.51. The third-order valence-electron chi connectivity index (χ3n) is 4.51. The zero-order valence-electron chi connectivity index (χ0n) is 17.4. The summed E-state index contributed by atoms with van der Waals surface area (Å²) < 4.78 is 18.0. The minimum Gasteiger partial charge on any atom is -0.487 e. The molecule has 3 aromatic rings. The second kappa shape index (κ2) is 12.6. The van der Waals surface area contributed by atoms with Gasteiger partial charge in [0.1, 0.15) is 25.9 Å². The Balaban J connectivity index is 1.71. The highest BCUT2D eigenvalue weighted by atomic mass is 16.5. The van der Waals surface area contributed by atoms with Gasteiger partial charge in [-0.2, -0.15) is 0 Å². The molecule has 164 valence electrons. The Hall–Kier alpha value is -3.06. The molecule has 0 heterocycles. The van der Waals surface area contributed by atoms with Gasteiger partial charge in [0.05, 0.1) is 6.61 Å². The highest BCUT2D eigenvalue weighted by Crippen LogP contribution is 2.38. The lowest BCUT2D eigenvalue weighted by Crippen LogP contribution is -2.32. The van der Waals surface area contributed by atoms with Gasteiger partial charge in [0.25, 0.3) is 0 Å². The van der Waals surface area contributed by atoms with Crippen LogP contribution in [0.1, 0.15) is 11.1 Å². The number of para-hydroxylation sites is 1. The van der Waals surface area contributed by atoms with Crippen molar-refractivity contribution in [2.24, 2.45) is 0 Å². The molecule has 0 bridgehead atoms. The Bertz CT molecular complexity index is 889. The van der Waals surface area contributed by atoms with Crippen LogP contribution in [0.4, 0.5) is 0 Å². The standard InChI is InChI=1S/C25H29NO5/c27-15-14-26-16-22(28)19-30-24-13-7-12-23(29-17-20-8-3-1-4-9-20)25(24)31-18-21-10-5-2-6-11-21/h1-13,22,26-28H,14-19H2. The van der Waals surface area contributed by atoms with E-state index >= 15 is 0 Å². The van der Waals surface area contributed by atoms with Gasteiger partial charge in [-0.1, -0.05) is 66.7 Å². The van der Waals surface area contributed by atoms with Crippen LogP contribution in [0.2, 0.25) is 0 Å². The average Bonchev–Trinajstić information content (AvgIpc) is 2.82. The molecule has 0 radical (unpaired) electrons. The molecule has 0 fully saturated rings. The molecule has 0 spiro atoms. The van der Waals surface area contributed by atoms with Crippen LogP contribution >= 0.6 is 0 Å². The van der Waals surface area contributed by atoms with Crippen LogP contribution in [0, 0.1) is 0 Å². The summed E-state index contributed by atoms with van der Waals surface area (Å²) >= 11 is 0. The smallest absolute Gasteiger partial charge is 0.203 e. The first-order chi connectivity index (χ1) is 15.3. The van der Waals surface area contributed by atoms with Crippen LogP contribution in [0.25, 0.3) is 0 Å². The van der Waals surface area contributed by atoms with Gasteiger partial charge >= 0.3 is 0 Å². The van der Waals surface area contributed by atoms with E-state index in [1.54, 1.807) is 6.07 Å². The molecule has 0 saturated heterocycles. The molecular weight excluding hydrogens is 394 g/mol. The molecule has 0 aliphatic rings. The van der Waals surface area contributed by atoms with Gasteiger partial charge in [0.15, 0.2) is 11.5 Å². The lowest BCUT2D eigenvalue weighted by molar-refractivity contribution is 0.102. The van der Waals surface area contributed by atoms with Gasteiger partial charge in [0.2, 0.25) is 5.75 Å². The molecule has 3 aromatic carbocycles. The number of aliphatic hydroxyl groups excluding tert-OH is 2. The highest BCUT2D eigenvalue weighted by Gasteiger charge is 2.15. The summed E-state index contributed by atoms with van der Waals surface area (Å²) in [6.45, 7) is 1.62. The molecular formula is C25H29NO5. The summed E-state index contributed by atoms with van der Waals surface area (Å²) in [7, 11) is 0. The predicted octanol–water partition coefficient (Wildman–Crippen LogP) is 3.17. The van der Waals surface area contributed by atoms with Crippen molar-refractivity contribution in [3.63, 3.8) is 0 Å². The van der Waals surface area contributed by atoms with E-state index in [1.807, 2.05) is 72.8 Å². The van der Waals surface area contributed by atoms with Crippen LogP contribution in [0.15, 0.2) is 78.9 Å². The van der Waals surface area contributed by atoms with Crippen molar-refractivity contribution < 1.29 is 24.4 Å². The predicted molar refractivity (Wildman–Crippen MR) is 119 cm³/mol. The first-order valence-corrected chi connectivity index (χ1v) is 10.3. The van der Waals surface area contributed by atoms with Crippen molar-refractivity contribution in [1.82, 2.24) is 5.32 Å². The molecule has 6 nitrogen and oxygen atoms in total. The molecule has 3 N–H and O–H groups in total. The summed E-state index contributed by atoms with van der Waals surface area (Å²) in [5.74, 6) is 1.57. The van der Waals surface area contributed by atoms with Crippen LogP contribution < -0.4 is 19.5 Å². The molecule has 1 atom stereocenters. The Labute approximate surface area is 183 Å². The number of benzene rings is 3. The fraction of sp³-hybridized carbons (Fsp3) is 0.280. The fourth-order valence-corrected chi connectivity index (χ4v) is 2.92. The maximum atomic E-state index is 10.1. The average molecular weight is 424 g/mol. The van der Waals surface area contributed by atoms with Crippen molar-refractivity contribution in [2.75, 3.05) is 26.3 Å². The van der Waals surface area contributed by atoms with Crippen molar-refractivity contribution >= 4 is 0 Å². The SMILES string of the molecule is OCCNCC(O)COc1cccc(OCc2ccccc2)c1OCc1ccccc1. The van der Waals surface area contributed by atoms with Gasteiger partial charge in [0, 0.05) is 13.1 Å². The van der Waals surface area contributed by atoms with E-state index in [0.29, 0.717) is 43.6 Å². The van der Waals surface area contributed by atoms with Gasteiger partial charge < -0.3 is 29.7 Å². The minimum atomic E-state index is -0.720. The summed E-state index contributed by atoms with van der Waals surface area (Å²) in [5.41, 5.74) is 2.08. The summed E-state index contributed by atoms with van der Waals surface area (Å²) in [6.07, 6.45) is -0.720. The Morgan fingerprint density at radius 1 is 0.710 bits per heavy atom. The van der Waals surface area contributed by atoms with Gasteiger partial charge in [-0.15, -0.1) is 0 Å². The number of rotatable bonds is 13. The number of ether oxygens (including phenoxy) is 3. The maximum Gasteiger partial charge on any atom is 0.203 e. The molecule has 0 aromatic heterocycles. The number of aliphatic hydroxyl groups is 2. The van der Waals surface area contributed by atoms with Crippen LogP contribution in [-0.2, 0) is 13.2 Å². The van der Waals surface area contributed by atoms with E-state index in [4.69, 9.17) is 19.3 Å². The Morgan fingerprint density at radius 2 is 1.29 bits per heavy atom. The van der Waals surface area contributed by atoms with E-state index in [1.165, 1.54) is 0 Å². The molecule has 0 saturated carbocycles. The molecule has 0 aliphatic carbocycles. The first kappa shape index (κ1) is 22.6. The van der Waals surface area contributed by atoms with Gasteiger partial charge in [-0.3, -0.25) is 0 Å². The summed E-state index contributed by atoms with van der Waals surface area (Å²) in [5, 5.41) is 21.9. The van der Waals surface area contributed by atoms with Gasteiger partial charge in [-0.25, -0.2) is 0 Å². The maximum absolute atomic E-state index is 10.1. The lowest BCUT2D eigenvalue weighted by atomic mass is 10.2. The first-order valence-electron chi connectivity index (χ1n) is 10.3. The highest BCUT2D eigenvalue weighted by molar-refractivity contribution is 5.51. The monoisotopic (exact) mass is 423 g/mol. The second-order valence-electron chi connectivity index (χ2n) is 7.02. The zero-order valence-corrected chi connectivity index (χ0v) is 17.4. The van der Waals surface area contributed by atoms with E-state index in [2.05, 4.69) is 5.32 Å².